The maximum absolute atomic E-state index is 8.88. The third-order valence-electron chi connectivity index (χ3n) is 5.28. The van der Waals surface area contributed by atoms with Crippen molar-refractivity contribution in [2.24, 2.45) is 0 Å². The van der Waals surface area contributed by atoms with Crippen molar-refractivity contribution in [2.75, 3.05) is 13.2 Å². The first-order valence-electron chi connectivity index (χ1n) is 12.8. The van der Waals surface area contributed by atoms with E-state index in [0.717, 1.165) is 13.2 Å². The van der Waals surface area contributed by atoms with Crippen LogP contribution in [-0.4, -0.2) is 79.3 Å². The van der Waals surface area contributed by atoms with Crippen LogP contribution in [0.1, 0.15) is 142 Å². The van der Waals surface area contributed by atoms with Crippen LogP contribution in [0.25, 0.3) is 0 Å². The Balaban J connectivity index is -0.00000116. The molecule has 5 nitrogen and oxygen atoms in total. The Hall–Kier alpha value is 1.71. The van der Waals surface area contributed by atoms with E-state index < -0.39 is 7.82 Å². The molecule has 0 aliphatic carbocycles. The average molecular weight is 493 g/mol. The molecule has 0 rings (SSSR count). The van der Waals surface area contributed by atoms with E-state index in [9.17, 15) is 0 Å². The van der Waals surface area contributed by atoms with E-state index in [1.165, 1.54) is 128 Å². The first-order valence-corrected chi connectivity index (χ1v) is 14.3. The summed E-state index contributed by atoms with van der Waals surface area (Å²) in [4.78, 5) is 21.6. The van der Waals surface area contributed by atoms with E-state index in [-0.39, 0.29) is 51.4 Å². The monoisotopic (exact) mass is 492 g/mol. The number of ether oxygens (including phenoxy) is 1. The predicted octanol–water partition coefficient (Wildman–Crippen LogP) is 7.27. The number of rotatable bonds is 22. The van der Waals surface area contributed by atoms with E-state index >= 15 is 0 Å². The molecule has 0 saturated heterocycles. The van der Waals surface area contributed by atoms with Crippen molar-refractivity contribution in [2.45, 2.75) is 142 Å². The topological polar surface area (TPSA) is 87.0 Å². The zero-order valence-corrected chi connectivity index (χ0v) is 21.1. The fourth-order valence-electron chi connectivity index (χ4n) is 3.49. The third kappa shape index (κ3) is 49.8. The molecule has 0 aromatic heterocycles. The van der Waals surface area contributed by atoms with Crippen LogP contribution < -0.4 is 0 Å². The second-order valence-electron chi connectivity index (χ2n) is 8.49. The minimum atomic E-state index is -4.64. The van der Waals surface area contributed by atoms with Crippen LogP contribution in [0.3, 0.4) is 0 Å². The van der Waals surface area contributed by atoms with Gasteiger partial charge < -0.3 is 19.4 Å². The van der Waals surface area contributed by atoms with Crippen LogP contribution in [0.2, 0.25) is 0 Å². The van der Waals surface area contributed by atoms with Gasteiger partial charge in [-0.3, -0.25) is 0 Å². The predicted molar refractivity (Wildman–Crippen MR) is 136 cm³/mol. The zero-order chi connectivity index (χ0) is 22.8. The molecule has 7 heteroatoms. The Labute approximate surface area is 236 Å². The SMILES string of the molecule is CCCCCCCCCCCCOCCCCCCCCCCCC.O=P(O)(O)O.[KH]. The van der Waals surface area contributed by atoms with Gasteiger partial charge in [0.2, 0.25) is 0 Å². The molecule has 0 aromatic rings. The van der Waals surface area contributed by atoms with Crippen LogP contribution in [-0.2, 0) is 9.30 Å². The molecular weight excluding hydrogens is 438 g/mol. The summed E-state index contributed by atoms with van der Waals surface area (Å²) in [5.74, 6) is 0. The molecule has 0 saturated carbocycles. The molecule has 31 heavy (non-hydrogen) atoms. The quantitative estimate of drug-likeness (QED) is 0.0840. The number of unbranched alkanes of at least 4 members (excludes halogenated alkanes) is 18. The molecule has 186 valence electrons. The number of hydrogen-bond donors (Lipinski definition) is 3. The number of phosphoric acid groups is 1. The Morgan fingerprint density at radius 2 is 0.677 bits per heavy atom. The van der Waals surface area contributed by atoms with Gasteiger partial charge in [-0.2, -0.15) is 0 Å². The van der Waals surface area contributed by atoms with Gasteiger partial charge in [0.25, 0.3) is 0 Å². The van der Waals surface area contributed by atoms with Gasteiger partial charge in [-0.05, 0) is 12.8 Å². The first-order chi connectivity index (χ1) is 14.4. The molecule has 0 aromatic carbocycles. The summed E-state index contributed by atoms with van der Waals surface area (Å²) >= 11 is 0. The van der Waals surface area contributed by atoms with Crippen molar-refractivity contribution in [3.8, 4) is 0 Å². The normalized spacial score (nSPS) is 11.0. The van der Waals surface area contributed by atoms with Crippen LogP contribution in [0.5, 0.6) is 0 Å². The second-order valence-corrected chi connectivity index (χ2v) is 9.52. The Morgan fingerprint density at radius 1 is 0.484 bits per heavy atom. The van der Waals surface area contributed by atoms with E-state index in [1.807, 2.05) is 0 Å². The molecule has 0 atom stereocenters. The van der Waals surface area contributed by atoms with Gasteiger partial charge in [0.15, 0.2) is 0 Å². The fraction of sp³-hybridized carbons (Fsp3) is 1.00. The van der Waals surface area contributed by atoms with Crippen molar-refractivity contribution < 1.29 is 24.0 Å². The molecule has 0 bridgehead atoms. The third-order valence-corrected chi connectivity index (χ3v) is 5.28. The Bertz CT molecular complexity index is 323. The van der Waals surface area contributed by atoms with Crippen LogP contribution in [0.15, 0.2) is 0 Å². The first kappa shape index (κ1) is 37.3. The molecule has 0 unspecified atom stereocenters. The summed E-state index contributed by atoms with van der Waals surface area (Å²) in [6, 6.07) is 0. The van der Waals surface area contributed by atoms with E-state index in [1.54, 1.807) is 0 Å². The van der Waals surface area contributed by atoms with Crippen molar-refractivity contribution in [3.63, 3.8) is 0 Å². The molecule has 0 spiro atoms. The maximum atomic E-state index is 8.88. The van der Waals surface area contributed by atoms with Gasteiger partial charge >= 0.3 is 59.2 Å². The summed E-state index contributed by atoms with van der Waals surface area (Å²) in [6.45, 7) is 6.57. The molecule has 0 aliphatic heterocycles. The molecule has 0 heterocycles. The van der Waals surface area contributed by atoms with E-state index in [0.29, 0.717) is 0 Å². The van der Waals surface area contributed by atoms with Crippen LogP contribution in [0, 0.1) is 0 Å². The van der Waals surface area contributed by atoms with Crippen LogP contribution >= 0.6 is 7.82 Å². The summed E-state index contributed by atoms with van der Waals surface area (Å²) in [6.07, 6.45) is 28.2. The molecular formula is C24H54KO5P. The van der Waals surface area contributed by atoms with Gasteiger partial charge in [0, 0.05) is 13.2 Å². The summed E-state index contributed by atoms with van der Waals surface area (Å²) in [5.41, 5.74) is 0. The van der Waals surface area contributed by atoms with Crippen molar-refractivity contribution in [1.82, 2.24) is 0 Å². The summed E-state index contributed by atoms with van der Waals surface area (Å²) < 4.78 is 14.7. The number of hydrogen-bond acceptors (Lipinski definition) is 2. The Morgan fingerprint density at radius 3 is 0.903 bits per heavy atom. The van der Waals surface area contributed by atoms with Gasteiger partial charge in [0.05, 0.1) is 0 Å². The van der Waals surface area contributed by atoms with E-state index in [2.05, 4.69) is 13.8 Å². The zero-order valence-electron chi connectivity index (χ0n) is 20.2. The Kier molecular flexibility index (Phi) is 38.1. The minimum absolute atomic E-state index is 0. The van der Waals surface area contributed by atoms with Crippen molar-refractivity contribution in [3.05, 3.63) is 0 Å². The van der Waals surface area contributed by atoms with Gasteiger partial charge in [0.1, 0.15) is 0 Å². The van der Waals surface area contributed by atoms with Gasteiger partial charge in [-0.15, -0.1) is 0 Å². The molecule has 3 N–H and O–H groups in total. The molecule has 0 aliphatic rings. The van der Waals surface area contributed by atoms with Crippen molar-refractivity contribution >= 4 is 59.2 Å². The molecule has 0 fully saturated rings. The fourth-order valence-corrected chi connectivity index (χ4v) is 3.49. The van der Waals surface area contributed by atoms with Crippen molar-refractivity contribution in [1.29, 1.82) is 0 Å². The van der Waals surface area contributed by atoms with Crippen LogP contribution in [0.4, 0.5) is 0 Å². The van der Waals surface area contributed by atoms with E-state index in [4.69, 9.17) is 24.0 Å². The average Bonchev–Trinajstić information content (AvgIpc) is 2.68. The second kappa shape index (κ2) is 31.7. The summed E-state index contributed by atoms with van der Waals surface area (Å²) in [5, 5.41) is 0. The standard InChI is InChI=1S/C24H50O.K.H3O4P.H/c1-3-5-7-9-11-13-15-17-19-21-23-25-24-22-20-18-16-14-12-10-8-6-4-2;;1-5(2,3)4;/h3-24H2,1-2H3;;(H3,1,2,3,4);. The molecule has 0 amide bonds. The van der Waals surface area contributed by atoms with Gasteiger partial charge in [-0.1, -0.05) is 129 Å². The molecule has 0 radical (unpaired) electrons. The van der Waals surface area contributed by atoms with Gasteiger partial charge in [-0.25, -0.2) is 4.57 Å². The summed E-state index contributed by atoms with van der Waals surface area (Å²) in [7, 11) is -4.64.